The number of hydrogen-bond donors (Lipinski definition) is 1. The van der Waals surface area contributed by atoms with Gasteiger partial charge in [-0.05, 0) is 24.3 Å². The lowest BCUT2D eigenvalue weighted by Crippen LogP contribution is -2.39. The molecule has 1 amide bonds. The van der Waals surface area contributed by atoms with E-state index in [9.17, 15) is 22.8 Å². The van der Waals surface area contributed by atoms with Gasteiger partial charge in [0.05, 0.1) is 32.4 Å². The second kappa shape index (κ2) is 10.4. The van der Waals surface area contributed by atoms with Crippen molar-refractivity contribution in [1.82, 2.24) is 24.4 Å². The Bertz CT molecular complexity index is 1250. The number of pyridine rings is 1. The summed E-state index contributed by atoms with van der Waals surface area (Å²) in [5.41, 5.74) is 0.244. The summed E-state index contributed by atoms with van der Waals surface area (Å²) in [4.78, 5) is 27.6. The molecule has 3 heterocycles. The fourth-order valence-electron chi connectivity index (χ4n) is 3.66. The predicted octanol–water partition coefficient (Wildman–Crippen LogP) is 1.67. The monoisotopic (exact) mass is 495 g/mol. The molecule has 2 aromatic heterocycles. The number of methoxy groups -OCH3 is 1. The van der Waals surface area contributed by atoms with Crippen LogP contribution in [0.25, 0.3) is 5.65 Å². The molecule has 10 nitrogen and oxygen atoms in total. The first-order valence-corrected chi connectivity index (χ1v) is 10.8. The van der Waals surface area contributed by atoms with Gasteiger partial charge in [-0.25, -0.2) is 13.9 Å². The number of amides is 1. The summed E-state index contributed by atoms with van der Waals surface area (Å²) < 4.78 is 55.2. The molecule has 1 aromatic carbocycles. The number of benzene rings is 1. The summed E-state index contributed by atoms with van der Waals surface area (Å²) in [5, 5.41) is 6.85. The highest BCUT2D eigenvalue weighted by atomic mass is 19.4. The van der Waals surface area contributed by atoms with Crippen LogP contribution in [-0.2, 0) is 17.8 Å². The Morgan fingerprint density at radius 3 is 2.66 bits per heavy atom. The summed E-state index contributed by atoms with van der Waals surface area (Å²) in [6.07, 6.45) is -3.55. The van der Waals surface area contributed by atoms with Crippen LogP contribution in [0.5, 0.6) is 11.5 Å². The van der Waals surface area contributed by atoms with Crippen LogP contribution >= 0.6 is 0 Å². The summed E-state index contributed by atoms with van der Waals surface area (Å²) >= 11 is 0. The number of fused-ring (bicyclic) bond motifs is 1. The maximum Gasteiger partial charge on any atom is 0.573 e. The average Bonchev–Trinajstić information content (AvgIpc) is 3.16. The van der Waals surface area contributed by atoms with Gasteiger partial charge >= 0.3 is 12.1 Å². The molecule has 0 saturated carbocycles. The molecule has 1 fully saturated rings. The summed E-state index contributed by atoms with van der Waals surface area (Å²) in [7, 11) is 1.32. The van der Waals surface area contributed by atoms with Crippen molar-refractivity contribution in [2.75, 3.05) is 40.0 Å². The van der Waals surface area contributed by atoms with Crippen LogP contribution in [0.15, 0.2) is 41.3 Å². The number of nitrogens with one attached hydrogen (secondary N) is 1. The molecule has 1 N–H and O–H groups in total. The van der Waals surface area contributed by atoms with E-state index in [0.29, 0.717) is 32.0 Å². The molecular weight excluding hydrogens is 471 g/mol. The van der Waals surface area contributed by atoms with Crippen LogP contribution in [0.4, 0.5) is 13.2 Å². The van der Waals surface area contributed by atoms with Gasteiger partial charge in [0.1, 0.15) is 11.5 Å². The normalized spacial score (nSPS) is 14.7. The van der Waals surface area contributed by atoms with Crippen LogP contribution in [-0.4, -0.2) is 71.3 Å². The third kappa shape index (κ3) is 6.11. The van der Waals surface area contributed by atoms with Gasteiger partial charge in [0.2, 0.25) is 0 Å². The first kappa shape index (κ1) is 24.5. The van der Waals surface area contributed by atoms with E-state index in [4.69, 9.17) is 9.47 Å². The van der Waals surface area contributed by atoms with Crippen molar-refractivity contribution >= 4 is 11.6 Å². The Labute approximate surface area is 197 Å². The highest BCUT2D eigenvalue weighted by Gasteiger charge is 2.32. The van der Waals surface area contributed by atoms with Gasteiger partial charge in [0.25, 0.3) is 5.91 Å². The second-order valence-corrected chi connectivity index (χ2v) is 7.81. The number of rotatable bonds is 8. The molecule has 0 radical (unpaired) electrons. The Hall–Kier alpha value is -3.58. The maximum absolute atomic E-state index is 12.8. The van der Waals surface area contributed by atoms with E-state index in [1.165, 1.54) is 46.7 Å². The van der Waals surface area contributed by atoms with Crippen molar-refractivity contribution in [1.29, 1.82) is 0 Å². The molecule has 0 unspecified atom stereocenters. The fourth-order valence-corrected chi connectivity index (χ4v) is 3.66. The minimum absolute atomic E-state index is 0.102. The molecule has 0 aliphatic carbocycles. The van der Waals surface area contributed by atoms with Gasteiger partial charge in [-0.3, -0.25) is 9.69 Å². The zero-order valence-corrected chi connectivity index (χ0v) is 18.9. The molecule has 1 aliphatic rings. The minimum atomic E-state index is -4.90. The van der Waals surface area contributed by atoms with Gasteiger partial charge in [0.15, 0.2) is 5.65 Å². The number of carbonyl (C=O) groups excluding carboxylic acids is 1. The quantitative estimate of drug-likeness (QED) is 0.508. The highest BCUT2D eigenvalue weighted by molar-refractivity contribution is 5.94. The number of alkyl halides is 3. The van der Waals surface area contributed by atoms with Crippen molar-refractivity contribution < 1.29 is 32.2 Å². The number of hydrogen-bond acceptors (Lipinski definition) is 7. The predicted molar refractivity (Wildman–Crippen MR) is 118 cm³/mol. The molecule has 0 atom stereocenters. The fraction of sp³-hybridized carbons (Fsp3) is 0.409. The standard InChI is InChI=1S/C22H24F3N5O5/c1-33-17-4-2-15(18(12-17)35-22(23,24)25)13-26-20(31)16-3-5-19-27-30(21(32)29(19)14-16)7-6-28-8-10-34-11-9-28/h2-5,12,14H,6-11,13H2,1H3,(H,26,31). The lowest BCUT2D eigenvalue weighted by molar-refractivity contribution is -0.274. The second-order valence-electron chi connectivity index (χ2n) is 7.81. The van der Waals surface area contributed by atoms with Gasteiger partial charge in [0, 0.05) is 44.0 Å². The lowest BCUT2D eigenvalue weighted by Gasteiger charge is -2.26. The van der Waals surface area contributed by atoms with Crippen LogP contribution in [0.2, 0.25) is 0 Å². The third-order valence-electron chi connectivity index (χ3n) is 5.51. The van der Waals surface area contributed by atoms with Crippen molar-refractivity contribution in [2.45, 2.75) is 19.5 Å². The molecule has 188 valence electrons. The number of aromatic nitrogens is 3. The van der Waals surface area contributed by atoms with E-state index in [2.05, 4.69) is 20.1 Å². The zero-order valence-electron chi connectivity index (χ0n) is 18.9. The van der Waals surface area contributed by atoms with Crippen LogP contribution < -0.4 is 20.5 Å². The van der Waals surface area contributed by atoms with Crippen LogP contribution in [0.3, 0.4) is 0 Å². The van der Waals surface area contributed by atoms with Gasteiger partial charge in [-0.15, -0.1) is 18.3 Å². The largest absolute Gasteiger partial charge is 0.573 e. The summed E-state index contributed by atoms with van der Waals surface area (Å²) in [6.45, 7) is 3.68. The average molecular weight is 495 g/mol. The van der Waals surface area contributed by atoms with Gasteiger partial charge in [-0.2, -0.15) is 0 Å². The topological polar surface area (TPSA) is 99.3 Å². The zero-order chi connectivity index (χ0) is 25.0. The summed E-state index contributed by atoms with van der Waals surface area (Å²) in [5.74, 6) is -0.881. The van der Waals surface area contributed by atoms with E-state index in [1.54, 1.807) is 0 Å². The number of halogens is 3. The number of morpholine rings is 1. The van der Waals surface area contributed by atoms with Gasteiger partial charge < -0.3 is 19.5 Å². The Morgan fingerprint density at radius 1 is 1.17 bits per heavy atom. The van der Waals surface area contributed by atoms with Crippen LogP contribution in [0, 0.1) is 0 Å². The van der Waals surface area contributed by atoms with Crippen molar-refractivity contribution in [3.8, 4) is 11.5 Å². The molecule has 3 aromatic rings. The number of nitrogens with zero attached hydrogens (tertiary/aromatic N) is 4. The first-order valence-electron chi connectivity index (χ1n) is 10.8. The van der Waals surface area contributed by atoms with E-state index in [-0.39, 0.29) is 29.1 Å². The molecule has 4 rings (SSSR count). The molecule has 13 heteroatoms. The molecule has 0 bridgehead atoms. The summed E-state index contributed by atoms with van der Waals surface area (Å²) in [6, 6.07) is 6.94. The molecule has 1 saturated heterocycles. The molecule has 0 spiro atoms. The van der Waals surface area contributed by atoms with E-state index in [1.807, 2.05) is 0 Å². The molecule has 1 aliphatic heterocycles. The smallest absolute Gasteiger partial charge is 0.497 e. The van der Waals surface area contributed by atoms with Crippen molar-refractivity contribution in [3.05, 3.63) is 58.1 Å². The first-order chi connectivity index (χ1) is 16.7. The number of carbonyl (C=O) groups is 1. The van der Waals surface area contributed by atoms with E-state index in [0.717, 1.165) is 19.2 Å². The minimum Gasteiger partial charge on any atom is -0.497 e. The molecule has 35 heavy (non-hydrogen) atoms. The Balaban J connectivity index is 1.45. The van der Waals surface area contributed by atoms with E-state index < -0.39 is 18.0 Å². The third-order valence-corrected chi connectivity index (χ3v) is 5.51. The SMILES string of the molecule is COc1ccc(CNC(=O)c2ccc3nn(CCN4CCOCC4)c(=O)n3c2)c(OC(F)(F)F)c1. The maximum atomic E-state index is 12.8. The Morgan fingerprint density at radius 2 is 1.94 bits per heavy atom. The van der Waals surface area contributed by atoms with Crippen molar-refractivity contribution in [3.63, 3.8) is 0 Å². The van der Waals surface area contributed by atoms with E-state index >= 15 is 0 Å². The van der Waals surface area contributed by atoms with Crippen molar-refractivity contribution in [2.24, 2.45) is 0 Å². The van der Waals surface area contributed by atoms with Crippen LogP contribution in [0.1, 0.15) is 15.9 Å². The molecular formula is C22H24F3N5O5. The number of ether oxygens (including phenoxy) is 3. The lowest BCUT2D eigenvalue weighted by atomic mass is 10.1. The van der Waals surface area contributed by atoms with Gasteiger partial charge in [-0.1, -0.05) is 0 Å². The Kier molecular flexibility index (Phi) is 7.26. The highest BCUT2D eigenvalue weighted by Crippen LogP contribution is 2.30.